The van der Waals surface area contributed by atoms with Crippen molar-refractivity contribution in [3.63, 3.8) is 0 Å². The van der Waals surface area contributed by atoms with Crippen LogP contribution in [0, 0.1) is 6.92 Å². The van der Waals surface area contributed by atoms with E-state index in [1.54, 1.807) is 11.3 Å². The van der Waals surface area contributed by atoms with Crippen LogP contribution in [0.4, 0.5) is 0 Å². The van der Waals surface area contributed by atoms with Gasteiger partial charge in [0.25, 0.3) is 0 Å². The highest BCUT2D eigenvalue weighted by atomic mass is 32.1. The molecule has 0 saturated carbocycles. The van der Waals surface area contributed by atoms with Gasteiger partial charge in [-0.25, -0.2) is 4.98 Å². The predicted octanol–water partition coefficient (Wildman–Crippen LogP) is 3.85. The third-order valence-electron chi connectivity index (χ3n) is 2.75. The molecule has 0 aliphatic rings. The summed E-state index contributed by atoms with van der Waals surface area (Å²) < 4.78 is 0. The van der Waals surface area contributed by atoms with E-state index in [0.29, 0.717) is 6.04 Å². The highest BCUT2D eigenvalue weighted by molar-refractivity contribution is 7.11. The topological polar surface area (TPSA) is 24.9 Å². The number of thiazole rings is 1. The van der Waals surface area contributed by atoms with Crippen LogP contribution >= 0.6 is 11.3 Å². The normalized spacial score (nSPS) is 14.1. The van der Waals surface area contributed by atoms with Crippen LogP contribution in [0.15, 0.2) is 6.20 Å². The monoisotopic (exact) mass is 240 g/mol. The zero-order valence-corrected chi connectivity index (χ0v) is 11.9. The van der Waals surface area contributed by atoms with Crippen LogP contribution in [-0.4, -0.2) is 11.0 Å². The Morgan fingerprint density at radius 2 is 2.19 bits per heavy atom. The van der Waals surface area contributed by atoms with Gasteiger partial charge >= 0.3 is 0 Å². The molecule has 0 radical (unpaired) electrons. The first-order valence-electron chi connectivity index (χ1n) is 6.16. The van der Waals surface area contributed by atoms with Gasteiger partial charge in [0.2, 0.25) is 0 Å². The Kier molecular flexibility index (Phi) is 4.93. The Hall–Kier alpha value is -0.410. The van der Waals surface area contributed by atoms with E-state index in [1.165, 1.54) is 29.1 Å². The van der Waals surface area contributed by atoms with Crippen molar-refractivity contribution in [3.8, 4) is 0 Å². The van der Waals surface area contributed by atoms with E-state index in [4.69, 9.17) is 0 Å². The lowest BCUT2D eigenvalue weighted by Gasteiger charge is -2.28. The molecule has 1 unspecified atom stereocenters. The minimum atomic E-state index is -0.00785. The number of nitrogens with one attached hydrogen (secondary N) is 1. The van der Waals surface area contributed by atoms with E-state index in [0.717, 1.165) is 0 Å². The summed E-state index contributed by atoms with van der Waals surface area (Å²) >= 11 is 1.79. The van der Waals surface area contributed by atoms with Gasteiger partial charge in [-0.1, -0.05) is 19.8 Å². The SMILES string of the molecule is CCCCC(C)NC(C)(C)c1ncc(C)s1. The van der Waals surface area contributed by atoms with Crippen molar-refractivity contribution in [1.29, 1.82) is 0 Å². The fourth-order valence-corrected chi connectivity index (χ4v) is 2.73. The molecule has 1 N–H and O–H groups in total. The zero-order chi connectivity index (χ0) is 12.2. The first-order valence-corrected chi connectivity index (χ1v) is 6.98. The molecule has 1 aromatic heterocycles. The number of aryl methyl sites for hydroxylation is 1. The molecule has 0 aromatic carbocycles. The minimum Gasteiger partial charge on any atom is -0.303 e. The van der Waals surface area contributed by atoms with Gasteiger partial charge < -0.3 is 5.32 Å². The van der Waals surface area contributed by atoms with E-state index in [1.807, 2.05) is 6.20 Å². The fraction of sp³-hybridized carbons (Fsp3) is 0.769. The third kappa shape index (κ3) is 3.87. The van der Waals surface area contributed by atoms with Crippen molar-refractivity contribution in [2.24, 2.45) is 0 Å². The first-order chi connectivity index (χ1) is 7.45. The Morgan fingerprint density at radius 1 is 1.50 bits per heavy atom. The van der Waals surface area contributed by atoms with E-state index in [9.17, 15) is 0 Å². The molecular weight excluding hydrogens is 216 g/mol. The molecule has 0 aliphatic carbocycles. The summed E-state index contributed by atoms with van der Waals surface area (Å²) in [6.45, 7) is 11.0. The van der Waals surface area contributed by atoms with Gasteiger partial charge in [-0.2, -0.15) is 0 Å². The molecule has 16 heavy (non-hydrogen) atoms. The minimum absolute atomic E-state index is 0.00785. The predicted molar refractivity (Wildman–Crippen MR) is 72.0 cm³/mol. The maximum Gasteiger partial charge on any atom is 0.112 e. The second kappa shape index (κ2) is 5.78. The van der Waals surface area contributed by atoms with Crippen molar-refractivity contribution >= 4 is 11.3 Å². The molecule has 0 spiro atoms. The van der Waals surface area contributed by atoms with Crippen LogP contribution in [0.1, 0.15) is 56.8 Å². The number of unbranched alkanes of at least 4 members (excludes halogenated alkanes) is 1. The first kappa shape index (κ1) is 13.7. The van der Waals surface area contributed by atoms with Gasteiger partial charge in [0, 0.05) is 17.1 Å². The van der Waals surface area contributed by atoms with Crippen LogP contribution in [0.25, 0.3) is 0 Å². The molecule has 1 aromatic rings. The smallest absolute Gasteiger partial charge is 0.112 e. The highest BCUT2D eigenvalue weighted by Gasteiger charge is 2.25. The number of rotatable bonds is 6. The van der Waals surface area contributed by atoms with Crippen molar-refractivity contribution in [1.82, 2.24) is 10.3 Å². The van der Waals surface area contributed by atoms with Crippen molar-refractivity contribution in [2.75, 3.05) is 0 Å². The zero-order valence-electron chi connectivity index (χ0n) is 11.1. The summed E-state index contributed by atoms with van der Waals surface area (Å²) in [7, 11) is 0. The molecule has 0 saturated heterocycles. The number of hydrogen-bond donors (Lipinski definition) is 1. The van der Waals surface area contributed by atoms with Gasteiger partial charge in [-0.3, -0.25) is 0 Å². The summed E-state index contributed by atoms with van der Waals surface area (Å²) in [5.74, 6) is 0. The molecule has 0 fully saturated rings. The molecule has 1 atom stereocenters. The number of nitrogens with zero attached hydrogens (tertiary/aromatic N) is 1. The lowest BCUT2D eigenvalue weighted by Crippen LogP contribution is -2.42. The molecular formula is C13H24N2S. The molecule has 92 valence electrons. The molecule has 0 amide bonds. The van der Waals surface area contributed by atoms with Crippen LogP contribution in [0.2, 0.25) is 0 Å². The van der Waals surface area contributed by atoms with E-state index in [-0.39, 0.29) is 5.54 Å². The van der Waals surface area contributed by atoms with Gasteiger partial charge in [-0.15, -0.1) is 11.3 Å². The van der Waals surface area contributed by atoms with Crippen molar-refractivity contribution in [2.45, 2.75) is 65.5 Å². The van der Waals surface area contributed by atoms with Gasteiger partial charge in [0.05, 0.1) is 5.54 Å². The second-order valence-corrected chi connectivity index (χ2v) is 6.32. The fourth-order valence-electron chi connectivity index (χ4n) is 1.90. The lowest BCUT2D eigenvalue weighted by molar-refractivity contribution is 0.336. The molecule has 1 rings (SSSR count). The van der Waals surface area contributed by atoms with Crippen LogP contribution in [0.5, 0.6) is 0 Å². The highest BCUT2D eigenvalue weighted by Crippen LogP contribution is 2.25. The average molecular weight is 240 g/mol. The number of hydrogen-bond acceptors (Lipinski definition) is 3. The second-order valence-electron chi connectivity index (χ2n) is 5.09. The van der Waals surface area contributed by atoms with Gasteiger partial charge in [0.15, 0.2) is 0 Å². The van der Waals surface area contributed by atoms with Gasteiger partial charge in [-0.05, 0) is 34.1 Å². The maximum atomic E-state index is 4.48. The number of aromatic nitrogens is 1. The summed E-state index contributed by atoms with van der Waals surface area (Å²) in [6, 6.07) is 0.555. The summed E-state index contributed by atoms with van der Waals surface area (Å²) in [5, 5.41) is 4.86. The lowest BCUT2D eigenvalue weighted by atomic mass is 10.0. The molecule has 2 nitrogen and oxygen atoms in total. The molecule has 0 bridgehead atoms. The largest absolute Gasteiger partial charge is 0.303 e. The van der Waals surface area contributed by atoms with Crippen LogP contribution in [0.3, 0.4) is 0 Å². The van der Waals surface area contributed by atoms with E-state index in [2.05, 4.69) is 44.9 Å². The Labute approximate surface area is 103 Å². The Balaban J connectivity index is 2.57. The average Bonchev–Trinajstić information content (AvgIpc) is 2.62. The standard InChI is InChI=1S/C13H24N2S/c1-6-7-8-10(2)15-13(4,5)12-14-9-11(3)16-12/h9-10,15H,6-8H2,1-5H3. The Morgan fingerprint density at radius 3 is 2.69 bits per heavy atom. The third-order valence-corrected chi connectivity index (χ3v) is 3.99. The summed E-state index contributed by atoms with van der Waals surface area (Å²) in [5.41, 5.74) is -0.00785. The quantitative estimate of drug-likeness (QED) is 0.817. The van der Waals surface area contributed by atoms with E-state index < -0.39 is 0 Å². The van der Waals surface area contributed by atoms with Gasteiger partial charge in [0.1, 0.15) is 5.01 Å². The summed E-state index contributed by atoms with van der Waals surface area (Å²) in [6.07, 6.45) is 5.76. The molecule has 1 heterocycles. The van der Waals surface area contributed by atoms with Crippen molar-refractivity contribution < 1.29 is 0 Å². The van der Waals surface area contributed by atoms with Crippen LogP contribution < -0.4 is 5.32 Å². The Bertz CT molecular complexity index is 317. The summed E-state index contributed by atoms with van der Waals surface area (Å²) in [4.78, 5) is 5.76. The molecule has 3 heteroatoms. The van der Waals surface area contributed by atoms with Crippen molar-refractivity contribution in [3.05, 3.63) is 16.1 Å². The van der Waals surface area contributed by atoms with E-state index >= 15 is 0 Å². The van der Waals surface area contributed by atoms with Crippen LogP contribution in [-0.2, 0) is 5.54 Å². The molecule has 0 aliphatic heterocycles. The maximum absolute atomic E-state index is 4.48.